The maximum atomic E-state index is 6.00. The van der Waals surface area contributed by atoms with Gasteiger partial charge in [-0.2, -0.15) is 0 Å². The second-order valence-electron chi connectivity index (χ2n) is 5.90. The molecule has 2 unspecified atom stereocenters. The molecule has 0 amide bonds. The van der Waals surface area contributed by atoms with Crippen molar-refractivity contribution in [2.24, 2.45) is 11.7 Å². The molecule has 3 nitrogen and oxygen atoms in total. The minimum atomic E-state index is 0.263. The molecule has 2 N–H and O–H groups in total. The van der Waals surface area contributed by atoms with Crippen molar-refractivity contribution in [3.63, 3.8) is 0 Å². The van der Waals surface area contributed by atoms with Gasteiger partial charge in [0.05, 0.1) is 6.61 Å². The predicted molar refractivity (Wildman–Crippen MR) is 86.1 cm³/mol. The largest absolute Gasteiger partial charge is 0.494 e. The maximum absolute atomic E-state index is 6.00. The van der Waals surface area contributed by atoms with Gasteiger partial charge in [-0.05, 0) is 50.9 Å². The molecule has 1 aromatic carbocycles. The van der Waals surface area contributed by atoms with E-state index in [1.807, 2.05) is 19.1 Å². The molecule has 0 bridgehead atoms. The number of likely N-dealkylation sites (N-methyl/N-ethyl adjacent to an activating group) is 1. The molecule has 0 spiro atoms. The van der Waals surface area contributed by atoms with Crippen molar-refractivity contribution >= 4 is 0 Å². The third-order valence-corrected chi connectivity index (χ3v) is 3.80. The predicted octanol–water partition coefficient (Wildman–Crippen LogP) is 3.45. The molecule has 0 heterocycles. The van der Waals surface area contributed by atoms with Crippen molar-refractivity contribution in [3.8, 4) is 5.75 Å². The Morgan fingerprint density at radius 2 is 1.75 bits per heavy atom. The van der Waals surface area contributed by atoms with E-state index in [-0.39, 0.29) is 6.04 Å². The summed E-state index contributed by atoms with van der Waals surface area (Å²) in [6.07, 6.45) is 1.18. The normalized spacial score (nSPS) is 14.6. The zero-order valence-electron chi connectivity index (χ0n) is 13.6. The molecular formula is C17H30N2O. The van der Waals surface area contributed by atoms with Crippen LogP contribution >= 0.6 is 0 Å². The smallest absolute Gasteiger partial charge is 0.119 e. The second kappa shape index (κ2) is 8.28. The Kier molecular flexibility index (Phi) is 7.03. The molecule has 0 aliphatic heterocycles. The number of nitrogens with two attached hydrogens (primary N) is 1. The van der Waals surface area contributed by atoms with Crippen LogP contribution in [-0.4, -0.2) is 31.1 Å². The topological polar surface area (TPSA) is 38.5 Å². The molecule has 2 atom stereocenters. The summed E-state index contributed by atoms with van der Waals surface area (Å²) in [5.74, 6) is 1.62. The number of hydrogen-bond donors (Lipinski definition) is 1. The third kappa shape index (κ3) is 4.80. The van der Waals surface area contributed by atoms with Crippen molar-refractivity contribution < 1.29 is 4.74 Å². The molecule has 0 aromatic heterocycles. The highest BCUT2D eigenvalue weighted by Crippen LogP contribution is 2.24. The Morgan fingerprint density at radius 3 is 2.20 bits per heavy atom. The lowest BCUT2D eigenvalue weighted by molar-refractivity contribution is 0.168. The van der Waals surface area contributed by atoms with Gasteiger partial charge in [0.15, 0.2) is 0 Å². The molecule has 1 rings (SSSR count). The van der Waals surface area contributed by atoms with Crippen LogP contribution in [0.5, 0.6) is 5.75 Å². The summed E-state index contributed by atoms with van der Waals surface area (Å²) in [4.78, 5) is 2.38. The lowest BCUT2D eigenvalue weighted by Gasteiger charge is -2.33. The van der Waals surface area contributed by atoms with Gasteiger partial charge in [-0.1, -0.05) is 26.0 Å². The van der Waals surface area contributed by atoms with Crippen LogP contribution in [0.25, 0.3) is 0 Å². The molecular weight excluding hydrogens is 248 g/mol. The van der Waals surface area contributed by atoms with Crippen LogP contribution in [0, 0.1) is 5.92 Å². The van der Waals surface area contributed by atoms with Crippen LogP contribution in [0.4, 0.5) is 0 Å². The molecule has 3 heteroatoms. The first-order valence-electron chi connectivity index (χ1n) is 7.64. The average Bonchev–Trinajstić information content (AvgIpc) is 2.41. The lowest BCUT2D eigenvalue weighted by atomic mass is 9.99. The first-order valence-corrected chi connectivity index (χ1v) is 7.64. The molecule has 20 heavy (non-hydrogen) atoms. The van der Waals surface area contributed by atoms with Crippen molar-refractivity contribution in [1.29, 1.82) is 0 Å². The quantitative estimate of drug-likeness (QED) is 0.791. The fourth-order valence-electron chi connectivity index (χ4n) is 2.65. The molecule has 114 valence electrons. The van der Waals surface area contributed by atoms with E-state index in [0.717, 1.165) is 5.75 Å². The number of rotatable bonds is 8. The van der Waals surface area contributed by atoms with Gasteiger partial charge in [-0.3, -0.25) is 4.90 Å². The van der Waals surface area contributed by atoms with Gasteiger partial charge in [0.1, 0.15) is 5.75 Å². The van der Waals surface area contributed by atoms with Gasteiger partial charge < -0.3 is 10.5 Å². The highest BCUT2D eigenvalue weighted by Gasteiger charge is 2.20. The minimum Gasteiger partial charge on any atom is -0.494 e. The SMILES string of the molecule is CCOc1ccc(C(CN)N(C)C(C)CC(C)C)cc1. The van der Waals surface area contributed by atoms with Crippen LogP contribution in [0.15, 0.2) is 24.3 Å². The summed E-state index contributed by atoms with van der Waals surface area (Å²) >= 11 is 0. The van der Waals surface area contributed by atoms with Crippen LogP contribution in [0.2, 0.25) is 0 Å². The van der Waals surface area contributed by atoms with Crippen molar-refractivity contribution in [2.75, 3.05) is 20.2 Å². The van der Waals surface area contributed by atoms with E-state index in [1.165, 1.54) is 12.0 Å². The summed E-state index contributed by atoms with van der Waals surface area (Å²) < 4.78 is 5.49. The zero-order chi connectivity index (χ0) is 15.1. The van der Waals surface area contributed by atoms with Crippen LogP contribution in [0.1, 0.15) is 45.7 Å². The van der Waals surface area contributed by atoms with Gasteiger partial charge in [0.2, 0.25) is 0 Å². The Morgan fingerprint density at radius 1 is 1.15 bits per heavy atom. The summed E-state index contributed by atoms with van der Waals surface area (Å²) in [7, 11) is 2.17. The highest BCUT2D eigenvalue weighted by atomic mass is 16.5. The zero-order valence-corrected chi connectivity index (χ0v) is 13.6. The lowest BCUT2D eigenvalue weighted by Crippen LogP contribution is -2.37. The van der Waals surface area contributed by atoms with Gasteiger partial charge in [0, 0.05) is 18.6 Å². The Balaban J connectivity index is 2.78. The van der Waals surface area contributed by atoms with E-state index >= 15 is 0 Å². The van der Waals surface area contributed by atoms with Crippen LogP contribution < -0.4 is 10.5 Å². The average molecular weight is 278 g/mol. The van der Waals surface area contributed by atoms with Gasteiger partial charge in [0.25, 0.3) is 0 Å². The number of hydrogen-bond acceptors (Lipinski definition) is 3. The van der Waals surface area contributed by atoms with Gasteiger partial charge >= 0.3 is 0 Å². The highest BCUT2D eigenvalue weighted by molar-refractivity contribution is 5.29. The number of benzene rings is 1. The maximum Gasteiger partial charge on any atom is 0.119 e. The van der Waals surface area contributed by atoms with E-state index in [9.17, 15) is 0 Å². The van der Waals surface area contributed by atoms with E-state index in [4.69, 9.17) is 10.5 Å². The second-order valence-corrected chi connectivity index (χ2v) is 5.90. The van der Waals surface area contributed by atoms with E-state index in [2.05, 4.69) is 44.9 Å². The monoisotopic (exact) mass is 278 g/mol. The number of ether oxygens (including phenoxy) is 1. The summed E-state index contributed by atoms with van der Waals surface area (Å²) in [5, 5.41) is 0. The summed E-state index contributed by atoms with van der Waals surface area (Å²) in [6, 6.07) is 9.10. The van der Waals surface area contributed by atoms with Crippen molar-refractivity contribution in [3.05, 3.63) is 29.8 Å². The first kappa shape index (κ1) is 17.0. The summed E-state index contributed by atoms with van der Waals surface area (Å²) in [5.41, 5.74) is 7.26. The first-order chi connectivity index (χ1) is 9.49. The Hall–Kier alpha value is -1.06. The molecule has 0 aliphatic carbocycles. The van der Waals surface area contributed by atoms with E-state index in [1.54, 1.807) is 0 Å². The van der Waals surface area contributed by atoms with Gasteiger partial charge in [-0.15, -0.1) is 0 Å². The van der Waals surface area contributed by atoms with E-state index in [0.29, 0.717) is 25.1 Å². The fraction of sp³-hybridized carbons (Fsp3) is 0.647. The molecule has 1 aromatic rings. The minimum absolute atomic E-state index is 0.263. The van der Waals surface area contributed by atoms with Gasteiger partial charge in [-0.25, -0.2) is 0 Å². The number of nitrogens with zero attached hydrogens (tertiary/aromatic N) is 1. The third-order valence-electron chi connectivity index (χ3n) is 3.80. The molecule has 0 saturated heterocycles. The summed E-state index contributed by atoms with van der Waals surface area (Å²) in [6.45, 7) is 10.1. The molecule has 0 aliphatic rings. The fourth-order valence-corrected chi connectivity index (χ4v) is 2.65. The van der Waals surface area contributed by atoms with Crippen molar-refractivity contribution in [2.45, 2.75) is 46.2 Å². The molecule has 0 radical (unpaired) electrons. The Bertz CT molecular complexity index is 375. The molecule has 0 saturated carbocycles. The van der Waals surface area contributed by atoms with Crippen LogP contribution in [-0.2, 0) is 0 Å². The van der Waals surface area contributed by atoms with Crippen molar-refractivity contribution in [1.82, 2.24) is 4.90 Å². The Labute approximate surface area is 124 Å². The molecule has 0 fully saturated rings. The standard InChI is InChI=1S/C17H30N2O/c1-6-20-16-9-7-15(8-10-16)17(12-18)19(5)14(4)11-13(2)3/h7-10,13-14,17H,6,11-12,18H2,1-5H3. The van der Waals surface area contributed by atoms with Crippen LogP contribution in [0.3, 0.4) is 0 Å². The van der Waals surface area contributed by atoms with E-state index < -0.39 is 0 Å².